The summed E-state index contributed by atoms with van der Waals surface area (Å²) in [6.07, 6.45) is 4.89. The van der Waals surface area contributed by atoms with Crippen LogP contribution in [0, 0.1) is 0 Å². The minimum absolute atomic E-state index is 0.214. The number of benzene rings is 1. The summed E-state index contributed by atoms with van der Waals surface area (Å²) in [6.45, 7) is 2.62. The maximum atomic E-state index is 6.10. The van der Waals surface area contributed by atoms with Crippen LogP contribution in [0.2, 0.25) is 0 Å². The van der Waals surface area contributed by atoms with Crippen LogP contribution in [-0.2, 0) is 11.3 Å². The van der Waals surface area contributed by atoms with Crippen LogP contribution in [-0.4, -0.2) is 19.2 Å². The molecule has 3 nitrogen and oxygen atoms in total. The Morgan fingerprint density at radius 2 is 2.11 bits per heavy atom. The van der Waals surface area contributed by atoms with Crippen LogP contribution in [0.15, 0.2) is 53.3 Å². The first-order chi connectivity index (χ1) is 9.43. The Morgan fingerprint density at radius 3 is 2.89 bits per heavy atom. The summed E-state index contributed by atoms with van der Waals surface area (Å²) in [5, 5.41) is 3.41. The van der Waals surface area contributed by atoms with Crippen molar-refractivity contribution in [2.75, 3.05) is 13.1 Å². The highest BCUT2D eigenvalue weighted by Crippen LogP contribution is 2.28. The Hall–Kier alpha value is -1.58. The second kappa shape index (κ2) is 6.04. The van der Waals surface area contributed by atoms with E-state index < -0.39 is 0 Å². The Balaban J connectivity index is 1.64. The maximum Gasteiger partial charge on any atom is 0.0938 e. The molecule has 1 fully saturated rings. The van der Waals surface area contributed by atoms with Gasteiger partial charge in [0.05, 0.1) is 25.2 Å². The summed E-state index contributed by atoms with van der Waals surface area (Å²) in [6, 6.07) is 12.4. The summed E-state index contributed by atoms with van der Waals surface area (Å²) in [5.74, 6) is 0.434. The maximum absolute atomic E-state index is 6.10. The zero-order chi connectivity index (χ0) is 12.9. The second-order valence-electron chi connectivity index (χ2n) is 4.99. The SMILES string of the molecule is c1ccc(CO[C@H]2CNCC[C@H]2c2ccoc2)cc1. The lowest BCUT2D eigenvalue weighted by Crippen LogP contribution is -2.40. The Kier molecular flexibility index (Phi) is 3.96. The number of rotatable bonds is 4. The highest BCUT2D eigenvalue weighted by molar-refractivity contribution is 5.17. The zero-order valence-corrected chi connectivity index (χ0v) is 10.9. The predicted octanol–water partition coefficient (Wildman–Crippen LogP) is 2.94. The van der Waals surface area contributed by atoms with Crippen LogP contribution in [0.1, 0.15) is 23.5 Å². The molecule has 1 aromatic heterocycles. The number of piperidine rings is 1. The highest BCUT2D eigenvalue weighted by Gasteiger charge is 2.27. The molecule has 0 radical (unpaired) electrons. The summed E-state index contributed by atoms with van der Waals surface area (Å²) < 4.78 is 11.3. The van der Waals surface area contributed by atoms with Gasteiger partial charge in [0.15, 0.2) is 0 Å². The third-order valence-electron chi connectivity index (χ3n) is 3.70. The molecule has 1 N–H and O–H groups in total. The van der Waals surface area contributed by atoms with Gasteiger partial charge in [-0.1, -0.05) is 30.3 Å². The van der Waals surface area contributed by atoms with Gasteiger partial charge in [-0.25, -0.2) is 0 Å². The van der Waals surface area contributed by atoms with Crippen LogP contribution in [0.25, 0.3) is 0 Å². The molecule has 0 saturated carbocycles. The molecular formula is C16H19NO2. The molecular weight excluding hydrogens is 238 g/mol. The van der Waals surface area contributed by atoms with E-state index in [4.69, 9.17) is 9.15 Å². The summed E-state index contributed by atoms with van der Waals surface area (Å²) in [4.78, 5) is 0. The third kappa shape index (κ3) is 3.06. The van der Waals surface area contributed by atoms with E-state index in [0.717, 1.165) is 19.5 Å². The van der Waals surface area contributed by atoms with Gasteiger partial charge in [-0.3, -0.25) is 0 Å². The van der Waals surface area contributed by atoms with Crippen molar-refractivity contribution in [1.82, 2.24) is 5.32 Å². The van der Waals surface area contributed by atoms with Gasteiger partial charge in [0.2, 0.25) is 0 Å². The molecule has 1 aliphatic rings. The fourth-order valence-corrected chi connectivity index (χ4v) is 2.65. The molecule has 2 atom stereocenters. The van der Waals surface area contributed by atoms with Crippen molar-refractivity contribution in [1.29, 1.82) is 0 Å². The molecule has 0 bridgehead atoms. The Morgan fingerprint density at radius 1 is 1.21 bits per heavy atom. The first kappa shape index (κ1) is 12.5. The van der Waals surface area contributed by atoms with Crippen LogP contribution in [0.3, 0.4) is 0 Å². The molecule has 2 aromatic rings. The Bertz CT molecular complexity index is 481. The third-order valence-corrected chi connectivity index (χ3v) is 3.70. The number of hydrogen-bond acceptors (Lipinski definition) is 3. The fourth-order valence-electron chi connectivity index (χ4n) is 2.65. The fraction of sp³-hybridized carbons (Fsp3) is 0.375. The Labute approximate surface area is 113 Å². The van der Waals surface area contributed by atoms with Gasteiger partial charge in [0, 0.05) is 12.5 Å². The average Bonchev–Trinajstić information content (AvgIpc) is 3.01. The first-order valence-corrected chi connectivity index (χ1v) is 6.82. The molecule has 2 heterocycles. The van der Waals surface area contributed by atoms with Crippen LogP contribution >= 0.6 is 0 Å². The van der Waals surface area contributed by atoms with Gasteiger partial charge in [-0.05, 0) is 30.2 Å². The summed E-state index contributed by atoms with van der Waals surface area (Å²) >= 11 is 0. The molecule has 0 unspecified atom stereocenters. The van der Waals surface area contributed by atoms with Crippen LogP contribution in [0.4, 0.5) is 0 Å². The number of ether oxygens (including phenoxy) is 1. The van der Waals surface area contributed by atoms with E-state index in [1.165, 1.54) is 11.1 Å². The van der Waals surface area contributed by atoms with Crippen LogP contribution < -0.4 is 5.32 Å². The van der Waals surface area contributed by atoms with E-state index >= 15 is 0 Å². The highest BCUT2D eigenvalue weighted by atomic mass is 16.5. The monoisotopic (exact) mass is 257 g/mol. The van der Waals surface area contributed by atoms with E-state index in [0.29, 0.717) is 12.5 Å². The lowest BCUT2D eigenvalue weighted by Gasteiger charge is -2.31. The van der Waals surface area contributed by atoms with E-state index in [9.17, 15) is 0 Å². The smallest absolute Gasteiger partial charge is 0.0938 e. The van der Waals surface area contributed by atoms with E-state index in [2.05, 4.69) is 23.5 Å². The predicted molar refractivity (Wildman–Crippen MR) is 74.0 cm³/mol. The van der Waals surface area contributed by atoms with Gasteiger partial charge in [-0.2, -0.15) is 0 Å². The topological polar surface area (TPSA) is 34.4 Å². The van der Waals surface area contributed by atoms with Crippen molar-refractivity contribution in [3.8, 4) is 0 Å². The lowest BCUT2D eigenvalue weighted by molar-refractivity contribution is 0.0105. The average molecular weight is 257 g/mol. The lowest BCUT2D eigenvalue weighted by atomic mass is 9.89. The normalized spacial score (nSPS) is 23.4. The largest absolute Gasteiger partial charge is 0.472 e. The van der Waals surface area contributed by atoms with Gasteiger partial charge in [0.25, 0.3) is 0 Å². The van der Waals surface area contributed by atoms with Gasteiger partial charge in [-0.15, -0.1) is 0 Å². The van der Waals surface area contributed by atoms with Gasteiger partial charge >= 0.3 is 0 Å². The minimum atomic E-state index is 0.214. The number of hydrogen-bond donors (Lipinski definition) is 1. The van der Waals surface area contributed by atoms with Gasteiger partial charge < -0.3 is 14.5 Å². The van der Waals surface area contributed by atoms with Crippen molar-refractivity contribution in [2.24, 2.45) is 0 Å². The van der Waals surface area contributed by atoms with Crippen LogP contribution in [0.5, 0.6) is 0 Å². The number of furan rings is 1. The quantitative estimate of drug-likeness (QED) is 0.914. The molecule has 100 valence electrons. The molecule has 1 aliphatic heterocycles. The number of nitrogens with one attached hydrogen (secondary N) is 1. The molecule has 0 aliphatic carbocycles. The molecule has 0 spiro atoms. The summed E-state index contributed by atoms with van der Waals surface area (Å²) in [5.41, 5.74) is 2.47. The van der Waals surface area contributed by atoms with Crippen molar-refractivity contribution in [2.45, 2.75) is 25.0 Å². The summed E-state index contributed by atoms with van der Waals surface area (Å²) in [7, 11) is 0. The molecule has 1 aromatic carbocycles. The van der Waals surface area contributed by atoms with E-state index in [1.807, 2.05) is 24.5 Å². The second-order valence-corrected chi connectivity index (χ2v) is 4.99. The standard InChI is InChI=1S/C16H19NO2/c1-2-4-13(5-3-1)11-19-16-10-17-8-6-15(16)14-7-9-18-12-14/h1-5,7,9,12,15-17H,6,8,10-11H2/t15-,16-/m0/s1. The molecule has 1 saturated heterocycles. The first-order valence-electron chi connectivity index (χ1n) is 6.82. The minimum Gasteiger partial charge on any atom is -0.472 e. The van der Waals surface area contributed by atoms with E-state index in [1.54, 1.807) is 6.26 Å². The molecule has 3 rings (SSSR count). The molecule has 3 heteroatoms. The van der Waals surface area contributed by atoms with Crippen molar-refractivity contribution >= 4 is 0 Å². The zero-order valence-electron chi connectivity index (χ0n) is 10.9. The molecule has 0 amide bonds. The van der Waals surface area contributed by atoms with Crippen molar-refractivity contribution in [3.05, 3.63) is 60.1 Å². The van der Waals surface area contributed by atoms with Crippen molar-refractivity contribution < 1.29 is 9.15 Å². The van der Waals surface area contributed by atoms with Crippen molar-refractivity contribution in [3.63, 3.8) is 0 Å². The molecule has 19 heavy (non-hydrogen) atoms. The van der Waals surface area contributed by atoms with E-state index in [-0.39, 0.29) is 6.10 Å². The van der Waals surface area contributed by atoms with Gasteiger partial charge in [0.1, 0.15) is 0 Å².